The number of fused-ring (bicyclic) bond motifs is 1. The van der Waals surface area contributed by atoms with Crippen LogP contribution in [0.25, 0.3) is 0 Å². The molecule has 5 nitrogen and oxygen atoms in total. The van der Waals surface area contributed by atoms with Gasteiger partial charge in [0.25, 0.3) is 0 Å². The van der Waals surface area contributed by atoms with Crippen LogP contribution in [0.4, 0.5) is 23.2 Å². The molecule has 158 valence electrons. The number of piperidine rings is 1. The van der Waals surface area contributed by atoms with Gasteiger partial charge < -0.3 is 4.90 Å². The molecule has 1 spiro atoms. The zero-order valence-electron chi connectivity index (χ0n) is 16.1. The molecule has 4 heterocycles. The Hall–Kier alpha value is -2.68. The largest absolute Gasteiger partial charge is 0.369 e. The number of nitrogens with zero attached hydrogens (tertiary/aromatic N) is 4. The molecule has 0 bridgehead atoms. The van der Waals surface area contributed by atoms with Gasteiger partial charge in [-0.1, -0.05) is 0 Å². The predicted molar refractivity (Wildman–Crippen MR) is 100 cm³/mol. The van der Waals surface area contributed by atoms with Crippen LogP contribution in [0.1, 0.15) is 30.9 Å². The van der Waals surface area contributed by atoms with Crippen LogP contribution < -0.4 is 4.90 Å². The number of amides is 1. The minimum absolute atomic E-state index is 0.0595. The maximum Gasteiger partial charge on any atom is 0.245 e. The van der Waals surface area contributed by atoms with Gasteiger partial charge in [-0.2, -0.15) is 4.39 Å². The number of hydrogen-bond donors (Lipinski definition) is 0. The first-order chi connectivity index (χ1) is 14.4. The highest BCUT2D eigenvalue weighted by Crippen LogP contribution is 2.47. The number of halogens is 4. The van der Waals surface area contributed by atoms with Crippen LogP contribution in [-0.4, -0.2) is 47.1 Å². The molecular formula is C21H20F4N4O. The summed E-state index contributed by atoms with van der Waals surface area (Å²) in [6, 6.07) is 4.05. The molecule has 30 heavy (non-hydrogen) atoms. The molecule has 0 radical (unpaired) electrons. The second kappa shape index (κ2) is 6.94. The maximum absolute atomic E-state index is 14.1. The van der Waals surface area contributed by atoms with Crippen LogP contribution in [0.3, 0.4) is 0 Å². The molecule has 5 rings (SSSR count). The molecule has 0 aliphatic carbocycles. The summed E-state index contributed by atoms with van der Waals surface area (Å²) in [7, 11) is 0. The lowest BCUT2D eigenvalue weighted by atomic mass is 9.77. The van der Waals surface area contributed by atoms with Gasteiger partial charge in [0, 0.05) is 38.3 Å². The van der Waals surface area contributed by atoms with E-state index in [1.165, 1.54) is 12.1 Å². The van der Waals surface area contributed by atoms with Crippen molar-refractivity contribution in [3.63, 3.8) is 0 Å². The summed E-state index contributed by atoms with van der Waals surface area (Å²) in [4.78, 5) is 18.5. The zero-order chi connectivity index (χ0) is 21.0. The second-order valence-corrected chi connectivity index (χ2v) is 8.27. The highest BCUT2D eigenvalue weighted by atomic mass is 19.1. The summed E-state index contributed by atoms with van der Waals surface area (Å²) in [5.41, 5.74) is -0.0211. The van der Waals surface area contributed by atoms with Crippen molar-refractivity contribution in [3.8, 4) is 0 Å². The Morgan fingerprint density at radius 2 is 1.67 bits per heavy atom. The third kappa shape index (κ3) is 3.03. The van der Waals surface area contributed by atoms with Gasteiger partial charge in [0.05, 0.1) is 23.3 Å². The summed E-state index contributed by atoms with van der Waals surface area (Å²) >= 11 is 0. The number of carbonyl (C=O) groups is 1. The summed E-state index contributed by atoms with van der Waals surface area (Å²) in [5, 5.41) is 3.61. The highest BCUT2D eigenvalue weighted by molar-refractivity contribution is 5.85. The van der Waals surface area contributed by atoms with Gasteiger partial charge in [-0.3, -0.25) is 9.80 Å². The lowest BCUT2D eigenvalue weighted by molar-refractivity contribution is -0.143. The van der Waals surface area contributed by atoms with Crippen molar-refractivity contribution >= 4 is 11.6 Å². The minimum atomic E-state index is -0.749. The van der Waals surface area contributed by atoms with E-state index in [2.05, 4.69) is 4.98 Å². The quantitative estimate of drug-likeness (QED) is 0.551. The molecule has 2 aromatic rings. The fourth-order valence-corrected chi connectivity index (χ4v) is 5.05. The SMILES string of the molecule is O=C1N2[C@H](c3cc(F)cc(F)c3)CCN2CC12CCN(c1cc(F)ncc1F)CC2. The lowest BCUT2D eigenvalue weighted by Gasteiger charge is -2.39. The van der Waals surface area contributed by atoms with Crippen LogP contribution >= 0.6 is 0 Å². The Bertz CT molecular complexity index is 988. The molecule has 0 N–H and O–H groups in total. The second-order valence-electron chi connectivity index (χ2n) is 8.27. The lowest BCUT2D eigenvalue weighted by Crippen LogP contribution is -2.46. The molecule has 9 heteroatoms. The normalized spacial score (nSPS) is 23.5. The molecule has 3 aliphatic heterocycles. The van der Waals surface area contributed by atoms with E-state index in [-0.39, 0.29) is 11.6 Å². The molecule has 1 aromatic carbocycles. The fourth-order valence-electron chi connectivity index (χ4n) is 5.05. The first kappa shape index (κ1) is 19.3. The van der Waals surface area contributed by atoms with Gasteiger partial charge in [0.15, 0.2) is 5.82 Å². The van der Waals surface area contributed by atoms with Gasteiger partial charge in [0.1, 0.15) is 11.6 Å². The number of benzene rings is 1. The number of hydrazine groups is 1. The van der Waals surface area contributed by atoms with Crippen molar-refractivity contribution < 1.29 is 22.4 Å². The van der Waals surface area contributed by atoms with E-state index in [1.54, 1.807) is 9.91 Å². The van der Waals surface area contributed by atoms with Crippen molar-refractivity contribution in [3.05, 3.63) is 59.4 Å². The number of anilines is 1. The fraction of sp³-hybridized carbons (Fsp3) is 0.429. The van der Waals surface area contributed by atoms with Crippen molar-refractivity contribution in [2.75, 3.05) is 31.1 Å². The van der Waals surface area contributed by atoms with Crippen LogP contribution in [-0.2, 0) is 4.79 Å². The number of carbonyl (C=O) groups excluding carboxylic acids is 1. The van der Waals surface area contributed by atoms with Crippen molar-refractivity contribution in [1.29, 1.82) is 0 Å². The van der Waals surface area contributed by atoms with Crippen LogP contribution in [0.15, 0.2) is 30.5 Å². The van der Waals surface area contributed by atoms with E-state index in [0.717, 1.165) is 18.3 Å². The third-order valence-corrected chi connectivity index (χ3v) is 6.54. The molecule has 1 aromatic heterocycles. The van der Waals surface area contributed by atoms with Crippen LogP contribution in [0, 0.1) is 28.8 Å². The standard InChI is InChI=1S/C21H20F4N4O/c22-14-7-13(8-15(23)9-14)17-1-4-28-12-21(20(30)29(17)28)2-5-27(6-3-21)18-10-19(25)26-11-16(18)24/h7-11,17H,1-6,12H2/t17-/m0/s1. The molecule has 3 saturated heterocycles. The summed E-state index contributed by atoms with van der Waals surface area (Å²) < 4.78 is 54.9. The van der Waals surface area contributed by atoms with Crippen LogP contribution in [0.2, 0.25) is 0 Å². The van der Waals surface area contributed by atoms with Gasteiger partial charge in [0.2, 0.25) is 11.9 Å². The Balaban J connectivity index is 1.36. The zero-order valence-corrected chi connectivity index (χ0v) is 16.1. The van der Waals surface area contributed by atoms with Gasteiger partial charge in [-0.25, -0.2) is 23.2 Å². The Morgan fingerprint density at radius 1 is 0.967 bits per heavy atom. The number of hydrogen-bond acceptors (Lipinski definition) is 4. The van der Waals surface area contributed by atoms with Gasteiger partial charge in [-0.05, 0) is 37.0 Å². The highest BCUT2D eigenvalue weighted by Gasteiger charge is 2.56. The maximum atomic E-state index is 14.1. The summed E-state index contributed by atoms with van der Waals surface area (Å²) in [6.07, 6.45) is 2.46. The van der Waals surface area contributed by atoms with Crippen LogP contribution in [0.5, 0.6) is 0 Å². The first-order valence-electron chi connectivity index (χ1n) is 9.97. The van der Waals surface area contributed by atoms with Crippen molar-refractivity contribution in [1.82, 2.24) is 15.0 Å². The summed E-state index contributed by atoms with van der Waals surface area (Å²) in [6.45, 7) is 1.98. The average Bonchev–Trinajstić information content (AvgIpc) is 3.22. The topological polar surface area (TPSA) is 39.7 Å². The minimum Gasteiger partial charge on any atom is -0.369 e. The van der Waals surface area contributed by atoms with E-state index in [9.17, 15) is 22.4 Å². The van der Waals surface area contributed by atoms with Crippen molar-refractivity contribution in [2.24, 2.45) is 5.41 Å². The van der Waals surface area contributed by atoms with E-state index < -0.39 is 34.9 Å². The van der Waals surface area contributed by atoms with Gasteiger partial charge >= 0.3 is 0 Å². The number of aromatic nitrogens is 1. The average molecular weight is 420 g/mol. The molecule has 0 saturated carbocycles. The molecule has 3 fully saturated rings. The molecule has 1 atom stereocenters. The third-order valence-electron chi connectivity index (χ3n) is 6.54. The van der Waals surface area contributed by atoms with Gasteiger partial charge in [-0.15, -0.1) is 0 Å². The molecule has 3 aliphatic rings. The Labute approximate surface area is 170 Å². The Morgan fingerprint density at radius 3 is 2.37 bits per heavy atom. The van der Waals surface area contributed by atoms with E-state index in [0.29, 0.717) is 51.0 Å². The number of pyridine rings is 1. The van der Waals surface area contributed by atoms with Crippen molar-refractivity contribution in [2.45, 2.75) is 25.3 Å². The first-order valence-corrected chi connectivity index (χ1v) is 9.97. The van der Waals surface area contributed by atoms with E-state index in [1.807, 2.05) is 5.01 Å². The smallest absolute Gasteiger partial charge is 0.245 e. The monoisotopic (exact) mass is 420 g/mol. The molecule has 1 amide bonds. The molecule has 0 unspecified atom stereocenters. The number of rotatable bonds is 2. The predicted octanol–water partition coefficient (Wildman–Crippen LogP) is 3.43. The molecular weight excluding hydrogens is 400 g/mol. The summed E-state index contributed by atoms with van der Waals surface area (Å²) in [5.74, 6) is -2.73. The van der Waals surface area contributed by atoms with E-state index in [4.69, 9.17) is 0 Å². The van der Waals surface area contributed by atoms with E-state index >= 15 is 0 Å². The Kier molecular flexibility index (Phi) is 4.46.